The van der Waals surface area contributed by atoms with Crippen LogP contribution in [0.5, 0.6) is 5.75 Å². The van der Waals surface area contributed by atoms with E-state index in [9.17, 15) is 4.79 Å². The summed E-state index contributed by atoms with van der Waals surface area (Å²) in [5, 5.41) is 4.72. The first-order valence-electron chi connectivity index (χ1n) is 8.46. The van der Waals surface area contributed by atoms with E-state index in [2.05, 4.69) is 26.1 Å². The summed E-state index contributed by atoms with van der Waals surface area (Å²) in [6, 6.07) is 21.2. The van der Waals surface area contributed by atoms with Crippen molar-refractivity contribution in [3.8, 4) is 5.75 Å². The van der Waals surface area contributed by atoms with Gasteiger partial charge in [-0.25, -0.2) is 4.79 Å². The third-order valence-corrected chi connectivity index (χ3v) is 4.50. The number of fused-ring (bicyclic) bond motifs is 1. The molecule has 0 spiro atoms. The first kappa shape index (κ1) is 18.1. The SMILES string of the molecule is CC(C)(C)c1ccc(OC(=O)NC(=S)c2cccc3ccccc23)cc1. The minimum atomic E-state index is -0.591. The Bertz CT molecular complexity index is 951. The Morgan fingerprint density at radius 1 is 0.923 bits per heavy atom. The van der Waals surface area contributed by atoms with Gasteiger partial charge in [0, 0.05) is 5.56 Å². The summed E-state index contributed by atoms with van der Waals surface area (Å²) in [4.78, 5) is 12.5. The van der Waals surface area contributed by atoms with Crippen LogP contribution in [0.25, 0.3) is 10.8 Å². The van der Waals surface area contributed by atoms with Crippen molar-refractivity contribution in [2.75, 3.05) is 0 Å². The van der Waals surface area contributed by atoms with Crippen molar-refractivity contribution in [2.24, 2.45) is 0 Å². The van der Waals surface area contributed by atoms with E-state index in [-0.39, 0.29) is 5.41 Å². The molecule has 0 unspecified atom stereocenters. The molecule has 3 rings (SSSR count). The lowest BCUT2D eigenvalue weighted by Crippen LogP contribution is -2.32. The lowest BCUT2D eigenvalue weighted by Gasteiger charge is -2.19. The van der Waals surface area contributed by atoms with Crippen LogP contribution in [-0.2, 0) is 5.41 Å². The summed E-state index contributed by atoms with van der Waals surface area (Å²) in [7, 11) is 0. The fourth-order valence-corrected chi connectivity index (χ4v) is 3.00. The van der Waals surface area contributed by atoms with Gasteiger partial charge in [-0.1, -0.05) is 87.6 Å². The molecule has 0 atom stereocenters. The molecule has 0 aliphatic carbocycles. The van der Waals surface area contributed by atoms with Gasteiger partial charge in [-0.3, -0.25) is 5.32 Å². The van der Waals surface area contributed by atoms with Crippen LogP contribution in [0.15, 0.2) is 66.7 Å². The van der Waals surface area contributed by atoms with Crippen molar-refractivity contribution in [1.29, 1.82) is 0 Å². The zero-order valence-corrected chi connectivity index (χ0v) is 15.9. The van der Waals surface area contributed by atoms with Crippen molar-refractivity contribution in [1.82, 2.24) is 5.32 Å². The van der Waals surface area contributed by atoms with Crippen molar-refractivity contribution in [3.05, 3.63) is 77.9 Å². The second kappa shape index (κ2) is 7.26. The topological polar surface area (TPSA) is 38.3 Å². The van der Waals surface area contributed by atoms with E-state index >= 15 is 0 Å². The van der Waals surface area contributed by atoms with E-state index in [0.717, 1.165) is 16.3 Å². The molecule has 0 bridgehead atoms. The predicted molar refractivity (Wildman–Crippen MR) is 110 cm³/mol. The number of carbonyl (C=O) groups excluding carboxylic acids is 1. The molecule has 1 N–H and O–H groups in total. The Labute approximate surface area is 159 Å². The summed E-state index contributed by atoms with van der Waals surface area (Å²) < 4.78 is 5.35. The van der Waals surface area contributed by atoms with Gasteiger partial charge in [0.2, 0.25) is 0 Å². The molecule has 0 aliphatic rings. The molecule has 0 heterocycles. The zero-order chi connectivity index (χ0) is 18.7. The first-order valence-corrected chi connectivity index (χ1v) is 8.87. The number of amides is 1. The highest BCUT2D eigenvalue weighted by Gasteiger charge is 2.15. The number of thiocarbonyl (C=S) groups is 1. The van der Waals surface area contributed by atoms with E-state index < -0.39 is 6.09 Å². The minimum Gasteiger partial charge on any atom is -0.410 e. The summed E-state index contributed by atoms with van der Waals surface area (Å²) >= 11 is 5.40. The number of ether oxygens (including phenoxy) is 1. The Balaban J connectivity index is 1.70. The van der Waals surface area contributed by atoms with Gasteiger partial charge >= 0.3 is 6.09 Å². The number of benzene rings is 3. The van der Waals surface area contributed by atoms with Gasteiger partial charge in [0.15, 0.2) is 0 Å². The standard InChI is InChI=1S/C22H21NO2S/c1-22(2,3)16-11-13-17(14-12-16)25-21(24)23-20(26)19-10-6-8-15-7-4-5-9-18(15)19/h4-14H,1-3H3,(H,23,24,26). The molecule has 26 heavy (non-hydrogen) atoms. The number of rotatable bonds is 2. The molecular formula is C22H21NO2S. The average molecular weight is 363 g/mol. The predicted octanol–water partition coefficient (Wildman–Crippen LogP) is 5.60. The maximum Gasteiger partial charge on any atom is 0.417 e. The van der Waals surface area contributed by atoms with Gasteiger partial charge in [-0.15, -0.1) is 0 Å². The fourth-order valence-electron chi connectivity index (χ4n) is 2.74. The third-order valence-electron chi connectivity index (χ3n) is 4.18. The van der Waals surface area contributed by atoms with Crippen LogP contribution in [0.1, 0.15) is 31.9 Å². The van der Waals surface area contributed by atoms with E-state index in [1.54, 1.807) is 12.1 Å². The van der Waals surface area contributed by atoms with Crippen LogP contribution < -0.4 is 10.1 Å². The Morgan fingerprint density at radius 2 is 1.58 bits per heavy atom. The van der Waals surface area contributed by atoms with Crippen molar-refractivity contribution < 1.29 is 9.53 Å². The average Bonchev–Trinajstić information content (AvgIpc) is 2.60. The van der Waals surface area contributed by atoms with Crippen LogP contribution in [0.4, 0.5) is 4.79 Å². The molecule has 3 nitrogen and oxygen atoms in total. The Kier molecular flexibility index (Phi) is 5.05. The molecule has 0 saturated carbocycles. The summed E-state index contributed by atoms with van der Waals surface area (Å²) in [6.45, 7) is 6.41. The quantitative estimate of drug-likeness (QED) is 0.602. The Hall–Kier alpha value is -2.72. The van der Waals surface area contributed by atoms with Crippen LogP contribution in [0.2, 0.25) is 0 Å². The highest BCUT2D eigenvalue weighted by molar-refractivity contribution is 7.80. The summed E-state index contributed by atoms with van der Waals surface area (Å²) in [5.74, 6) is 0.483. The summed E-state index contributed by atoms with van der Waals surface area (Å²) in [6.07, 6.45) is -0.591. The maximum atomic E-state index is 12.2. The molecule has 3 aromatic carbocycles. The molecule has 3 aromatic rings. The monoisotopic (exact) mass is 363 g/mol. The Morgan fingerprint density at radius 3 is 2.27 bits per heavy atom. The molecule has 132 valence electrons. The van der Waals surface area contributed by atoms with Gasteiger partial charge in [-0.05, 0) is 33.9 Å². The molecular weight excluding hydrogens is 342 g/mol. The zero-order valence-electron chi connectivity index (χ0n) is 15.1. The lowest BCUT2D eigenvalue weighted by molar-refractivity contribution is 0.206. The largest absolute Gasteiger partial charge is 0.417 e. The lowest BCUT2D eigenvalue weighted by atomic mass is 9.87. The number of carbonyl (C=O) groups is 1. The van der Waals surface area contributed by atoms with Gasteiger partial charge in [0.25, 0.3) is 0 Å². The normalized spacial score (nSPS) is 11.2. The molecule has 0 aliphatic heterocycles. The summed E-state index contributed by atoms with van der Waals surface area (Å²) in [5.41, 5.74) is 2.03. The molecule has 0 radical (unpaired) electrons. The van der Waals surface area contributed by atoms with Crippen LogP contribution in [0, 0.1) is 0 Å². The van der Waals surface area contributed by atoms with E-state index in [4.69, 9.17) is 17.0 Å². The molecule has 1 amide bonds. The molecule has 0 fully saturated rings. The fraction of sp³-hybridized carbons (Fsp3) is 0.182. The minimum absolute atomic E-state index is 0.0523. The second-order valence-corrected chi connectivity index (χ2v) is 7.55. The highest BCUT2D eigenvalue weighted by Crippen LogP contribution is 2.24. The van der Waals surface area contributed by atoms with Crippen LogP contribution >= 0.6 is 12.2 Å². The third kappa shape index (κ3) is 4.09. The molecule has 4 heteroatoms. The van der Waals surface area contributed by atoms with E-state index in [1.807, 2.05) is 54.6 Å². The molecule has 0 aromatic heterocycles. The van der Waals surface area contributed by atoms with Crippen LogP contribution in [-0.4, -0.2) is 11.1 Å². The second-order valence-electron chi connectivity index (χ2n) is 7.14. The van der Waals surface area contributed by atoms with Crippen LogP contribution in [0.3, 0.4) is 0 Å². The van der Waals surface area contributed by atoms with Crippen molar-refractivity contribution in [3.63, 3.8) is 0 Å². The van der Waals surface area contributed by atoms with E-state index in [0.29, 0.717) is 10.7 Å². The van der Waals surface area contributed by atoms with Gasteiger partial charge in [0.1, 0.15) is 10.7 Å². The molecule has 0 saturated heterocycles. The van der Waals surface area contributed by atoms with Crippen molar-refractivity contribution in [2.45, 2.75) is 26.2 Å². The number of nitrogens with one attached hydrogen (secondary N) is 1. The number of hydrogen-bond acceptors (Lipinski definition) is 3. The van der Waals surface area contributed by atoms with E-state index in [1.165, 1.54) is 5.56 Å². The first-order chi connectivity index (χ1) is 12.3. The van der Waals surface area contributed by atoms with Gasteiger partial charge < -0.3 is 4.74 Å². The number of hydrogen-bond donors (Lipinski definition) is 1. The maximum absolute atomic E-state index is 12.2. The smallest absolute Gasteiger partial charge is 0.410 e. The van der Waals surface area contributed by atoms with Gasteiger partial charge in [-0.2, -0.15) is 0 Å². The van der Waals surface area contributed by atoms with Gasteiger partial charge in [0.05, 0.1) is 0 Å². The van der Waals surface area contributed by atoms with Crippen molar-refractivity contribution >= 4 is 34.1 Å². The highest BCUT2D eigenvalue weighted by atomic mass is 32.1.